The number of hydrogen-bond acceptors (Lipinski definition) is 3. The molecular formula is C29H15NO4. The molecule has 0 bridgehead atoms. The van der Waals surface area contributed by atoms with Crippen molar-refractivity contribution in [1.82, 2.24) is 0 Å². The molecule has 0 atom stereocenters. The Bertz CT molecular complexity index is 1730. The second-order valence-electron chi connectivity index (χ2n) is 8.55. The van der Waals surface area contributed by atoms with E-state index >= 15 is 0 Å². The molecule has 1 aliphatic heterocycles. The molecule has 0 spiro atoms. The first-order valence-electron chi connectivity index (χ1n) is 10.9. The first-order valence-corrected chi connectivity index (χ1v) is 10.9. The molecule has 0 radical (unpaired) electrons. The quantitative estimate of drug-likeness (QED) is 0.328. The fourth-order valence-corrected chi connectivity index (χ4v) is 5.49. The Morgan fingerprint density at radius 1 is 0.559 bits per heavy atom. The number of rotatable bonds is 2. The molecule has 2 amide bonds. The highest BCUT2D eigenvalue weighted by Crippen LogP contribution is 2.49. The first kappa shape index (κ1) is 18.8. The molecule has 0 saturated heterocycles. The van der Waals surface area contributed by atoms with Gasteiger partial charge < -0.3 is 5.11 Å². The Morgan fingerprint density at radius 3 is 1.79 bits per heavy atom. The van der Waals surface area contributed by atoms with Gasteiger partial charge in [0, 0.05) is 21.9 Å². The van der Waals surface area contributed by atoms with Crippen molar-refractivity contribution in [3.63, 3.8) is 0 Å². The molecule has 5 nitrogen and oxygen atoms in total. The van der Waals surface area contributed by atoms with Gasteiger partial charge in [-0.25, -0.2) is 9.69 Å². The molecule has 0 saturated carbocycles. The highest BCUT2D eigenvalue weighted by Gasteiger charge is 2.36. The fraction of sp³-hybridized carbons (Fsp3) is 0. The molecule has 1 heterocycles. The SMILES string of the molecule is O=C(O)c1ccc2c3c(cccc13)C(=O)N(c1ccc3c4c(cccc14)-c1ccccc1-3)C2=O. The van der Waals surface area contributed by atoms with Gasteiger partial charge in [0.25, 0.3) is 11.8 Å². The molecular weight excluding hydrogens is 426 g/mol. The fourth-order valence-electron chi connectivity index (χ4n) is 5.49. The Morgan fingerprint density at radius 2 is 1.09 bits per heavy atom. The molecule has 7 rings (SSSR count). The van der Waals surface area contributed by atoms with E-state index in [-0.39, 0.29) is 5.56 Å². The van der Waals surface area contributed by atoms with Crippen LogP contribution in [-0.2, 0) is 0 Å². The van der Waals surface area contributed by atoms with Crippen LogP contribution in [0.1, 0.15) is 31.1 Å². The summed E-state index contributed by atoms with van der Waals surface area (Å²) in [6.45, 7) is 0. The molecule has 34 heavy (non-hydrogen) atoms. The molecule has 0 unspecified atom stereocenters. The van der Waals surface area contributed by atoms with Gasteiger partial charge in [0.05, 0.1) is 11.3 Å². The number of amides is 2. The summed E-state index contributed by atoms with van der Waals surface area (Å²) in [5.41, 5.74) is 5.65. The third-order valence-corrected chi connectivity index (χ3v) is 6.90. The van der Waals surface area contributed by atoms with E-state index in [1.54, 1.807) is 18.2 Å². The maximum atomic E-state index is 13.7. The third kappa shape index (κ3) is 2.20. The van der Waals surface area contributed by atoms with E-state index in [9.17, 15) is 19.5 Å². The third-order valence-electron chi connectivity index (χ3n) is 6.90. The number of imide groups is 1. The number of carbonyl (C=O) groups is 3. The Balaban J connectivity index is 1.49. The lowest BCUT2D eigenvalue weighted by Gasteiger charge is -2.28. The molecule has 0 fully saturated rings. The van der Waals surface area contributed by atoms with E-state index in [1.165, 1.54) is 17.0 Å². The minimum absolute atomic E-state index is 0.0674. The van der Waals surface area contributed by atoms with E-state index in [1.807, 2.05) is 36.4 Å². The summed E-state index contributed by atoms with van der Waals surface area (Å²) in [6.07, 6.45) is 0. The molecule has 0 aromatic heterocycles. The van der Waals surface area contributed by atoms with Gasteiger partial charge in [-0.15, -0.1) is 0 Å². The van der Waals surface area contributed by atoms with Gasteiger partial charge in [0.1, 0.15) is 0 Å². The van der Waals surface area contributed by atoms with E-state index in [2.05, 4.69) is 18.2 Å². The van der Waals surface area contributed by atoms with Gasteiger partial charge in [-0.05, 0) is 57.3 Å². The van der Waals surface area contributed by atoms with Crippen LogP contribution in [0.5, 0.6) is 0 Å². The van der Waals surface area contributed by atoms with Crippen LogP contribution >= 0.6 is 0 Å². The van der Waals surface area contributed by atoms with Gasteiger partial charge in [-0.3, -0.25) is 9.59 Å². The van der Waals surface area contributed by atoms with Crippen LogP contribution in [0.2, 0.25) is 0 Å². The van der Waals surface area contributed by atoms with Crippen LogP contribution in [0, 0.1) is 0 Å². The second-order valence-corrected chi connectivity index (χ2v) is 8.55. The molecule has 160 valence electrons. The zero-order valence-corrected chi connectivity index (χ0v) is 17.7. The van der Waals surface area contributed by atoms with Crippen LogP contribution in [0.25, 0.3) is 43.8 Å². The highest BCUT2D eigenvalue weighted by molar-refractivity contribution is 6.38. The second kappa shape index (κ2) is 6.39. The van der Waals surface area contributed by atoms with E-state index < -0.39 is 17.8 Å². The maximum Gasteiger partial charge on any atom is 0.336 e. The summed E-state index contributed by atoms with van der Waals surface area (Å²) in [4.78, 5) is 40.3. The number of nitrogens with zero attached hydrogens (tertiary/aromatic N) is 1. The van der Waals surface area contributed by atoms with Gasteiger partial charge in [-0.1, -0.05) is 60.7 Å². The number of fused-ring (bicyclic) bond motifs is 3. The lowest BCUT2D eigenvalue weighted by atomic mass is 9.90. The summed E-state index contributed by atoms with van der Waals surface area (Å²) in [5, 5.41) is 12.2. The minimum Gasteiger partial charge on any atom is -0.478 e. The van der Waals surface area contributed by atoms with Crippen LogP contribution < -0.4 is 4.90 Å². The predicted octanol–water partition coefficient (Wildman–Crippen LogP) is 6.14. The van der Waals surface area contributed by atoms with Gasteiger partial charge >= 0.3 is 5.97 Å². The number of carboxylic acids is 1. The zero-order chi connectivity index (χ0) is 23.1. The molecule has 5 heteroatoms. The Hall–Kier alpha value is -4.77. The van der Waals surface area contributed by atoms with Gasteiger partial charge in [0.2, 0.25) is 0 Å². The van der Waals surface area contributed by atoms with E-state index in [0.717, 1.165) is 33.0 Å². The molecule has 1 aliphatic carbocycles. The zero-order valence-electron chi connectivity index (χ0n) is 17.7. The molecule has 2 aliphatic rings. The molecule has 5 aromatic rings. The molecule has 5 aromatic carbocycles. The summed E-state index contributed by atoms with van der Waals surface area (Å²) in [5.74, 6) is -2.01. The summed E-state index contributed by atoms with van der Waals surface area (Å²) >= 11 is 0. The average Bonchev–Trinajstić information content (AvgIpc) is 3.19. The van der Waals surface area contributed by atoms with Crippen molar-refractivity contribution in [1.29, 1.82) is 0 Å². The lowest BCUT2D eigenvalue weighted by Crippen LogP contribution is -2.40. The van der Waals surface area contributed by atoms with E-state index in [4.69, 9.17) is 0 Å². The smallest absolute Gasteiger partial charge is 0.336 e. The standard InChI is InChI=1S/C29H15NO4/c31-27-22-10-4-8-18-20(29(33)34)11-12-23(26(18)22)28(32)30(27)24-14-13-19-16-6-2-1-5-15(16)17-7-3-9-21(24)25(17)19/h1-14H,(H,33,34). The maximum absolute atomic E-state index is 13.7. The van der Waals surface area contributed by atoms with Crippen LogP contribution in [-0.4, -0.2) is 22.9 Å². The number of carboxylic acid groups (broad SMARTS) is 1. The van der Waals surface area contributed by atoms with Crippen LogP contribution in [0.3, 0.4) is 0 Å². The Labute approximate surface area is 193 Å². The van der Waals surface area contributed by atoms with Crippen molar-refractivity contribution >= 4 is 45.0 Å². The summed E-state index contributed by atoms with van der Waals surface area (Å²) in [6, 6.07) is 25.8. The van der Waals surface area contributed by atoms with Crippen LogP contribution in [0.4, 0.5) is 5.69 Å². The number of aromatic carboxylic acids is 1. The van der Waals surface area contributed by atoms with Crippen molar-refractivity contribution in [3.8, 4) is 22.3 Å². The van der Waals surface area contributed by atoms with Gasteiger partial charge in [0.15, 0.2) is 0 Å². The molecule has 1 N–H and O–H groups in total. The van der Waals surface area contributed by atoms with Crippen molar-refractivity contribution in [2.24, 2.45) is 0 Å². The Kier molecular flexibility index (Phi) is 3.53. The lowest BCUT2D eigenvalue weighted by molar-refractivity contribution is 0.0697. The normalized spacial score (nSPS) is 13.6. The minimum atomic E-state index is -1.10. The predicted molar refractivity (Wildman–Crippen MR) is 130 cm³/mol. The van der Waals surface area contributed by atoms with Gasteiger partial charge in [-0.2, -0.15) is 0 Å². The number of anilines is 1. The largest absolute Gasteiger partial charge is 0.478 e. The number of hydrogen-bond donors (Lipinski definition) is 1. The highest BCUT2D eigenvalue weighted by atomic mass is 16.4. The average molecular weight is 441 g/mol. The number of benzene rings is 5. The number of carbonyl (C=O) groups excluding carboxylic acids is 2. The van der Waals surface area contributed by atoms with Crippen LogP contribution in [0.15, 0.2) is 84.9 Å². The van der Waals surface area contributed by atoms with E-state index in [0.29, 0.717) is 27.6 Å². The van der Waals surface area contributed by atoms with Crippen molar-refractivity contribution in [3.05, 3.63) is 102 Å². The summed E-state index contributed by atoms with van der Waals surface area (Å²) < 4.78 is 0. The van der Waals surface area contributed by atoms with Crippen molar-refractivity contribution in [2.75, 3.05) is 4.90 Å². The first-order chi connectivity index (χ1) is 16.6. The summed E-state index contributed by atoms with van der Waals surface area (Å²) in [7, 11) is 0. The van der Waals surface area contributed by atoms with Crippen molar-refractivity contribution in [2.45, 2.75) is 0 Å². The van der Waals surface area contributed by atoms with Crippen molar-refractivity contribution < 1.29 is 19.5 Å². The monoisotopic (exact) mass is 441 g/mol. The topological polar surface area (TPSA) is 74.7 Å².